The Kier molecular flexibility index (Phi) is 5.70. The van der Waals surface area contributed by atoms with Crippen LogP contribution in [0.4, 0.5) is 0 Å². The fraction of sp³-hybridized carbons (Fsp3) is 0.278. The van der Waals surface area contributed by atoms with Crippen molar-refractivity contribution in [2.45, 2.75) is 12.2 Å². The molecule has 3 rings (SSSR count). The lowest BCUT2D eigenvalue weighted by Gasteiger charge is -2.19. The van der Waals surface area contributed by atoms with Gasteiger partial charge in [0.1, 0.15) is 11.6 Å². The highest BCUT2D eigenvalue weighted by molar-refractivity contribution is 8.04. The number of thioether (sulfide) groups is 1. The third kappa shape index (κ3) is 4.11. The molecule has 1 aromatic heterocycles. The lowest BCUT2D eigenvalue weighted by Crippen LogP contribution is -2.37. The number of hydrogen-bond donors (Lipinski definition) is 0. The number of carbonyl (C=O) groups is 2. The van der Waals surface area contributed by atoms with Gasteiger partial charge in [-0.3, -0.25) is 14.5 Å². The summed E-state index contributed by atoms with van der Waals surface area (Å²) in [5.41, 5.74) is 1.84. The minimum atomic E-state index is -0.202. The molecule has 0 N–H and O–H groups in total. The van der Waals surface area contributed by atoms with Crippen LogP contribution in [-0.2, 0) is 9.59 Å². The Bertz CT molecular complexity index is 862. The molecule has 0 bridgehead atoms. The number of nitrogens with zero attached hydrogens (tertiary/aromatic N) is 3. The molecule has 26 heavy (non-hydrogen) atoms. The Morgan fingerprint density at radius 3 is 2.69 bits per heavy atom. The molecule has 0 radical (unpaired) electrons. The largest absolute Gasteiger partial charge is 0.347 e. The summed E-state index contributed by atoms with van der Waals surface area (Å²) < 4.78 is 0. The van der Waals surface area contributed by atoms with Gasteiger partial charge in [-0.2, -0.15) is 0 Å². The lowest BCUT2D eigenvalue weighted by molar-refractivity contribution is -0.136. The number of likely N-dealkylation sites (N-methyl/N-ethyl adjacent to an activating group) is 1. The smallest absolute Gasteiger partial charge is 0.242 e. The molecule has 1 unspecified atom stereocenters. The van der Waals surface area contributed by atoms with E-state index in [1.807, 2.05) is 42.6 Å². The van der Waals surface area contributed by atoms with E-state index in [0.717, 1.165) is 21.3 Å². The first-order chi connectivity index (χ1) is 12.3. The highest BCUT2D eigenvalue weighted by Gasteiger charge is 2.35. The SMILES string of the molecule is CC1SC(=Cc2nc(-c3ccc(Cl)cc3)cs2)N(CC(=O)N(C)C)C1=O. The van der Waals surface area contributed by atoms with Crippen LogP contribution in [0, 0.1) is 0 Å². The van der Waals surface area contributed by atoms with Gasteiger partial charge in [-0.05, 0) is 19.1 Å². The van der Waals surface area contributed by atoms with Gasteiger partial charge in [-0.25, -0.2) is 4.98 Å². The normalized spacial score (nSPS) is 18.6. The van der Waals surface area contributed by atoms with Gasteiger partial charge >= 0.3 is 0 Å². The fourth-order valence-electron chi connectivity index (χ4n) is 2.38. The Balaban J connectivity index is 1.84. The molecule has 0 spiro atoms. The molecule has 0 aliphatic carbocycles. The van der Waals surface area contributed by atoms with Gasteiger partial charge in [0.2, 0.25) is 11.8 Å². The molecular weight excluding hydrogens is 390 g/mol. The first kappa shape index (κ1) is 18.9. The molecule has 1 aliphatic rings. The Morgan fingerprint density at radius 2 is 2.04 bits per heavy atom. The first-order valence-electron chi connectivity index (χ1n) is 7.96. The molecule has 1 aromatic carbocycles. The Labute approximate surface area is 165 Å². The second-order valence-corrected chi connectivity index (χ2v) is 8.72. The summed E-state index contributed by atoms with van der Waals surface area (Å²) in [6.45, 7) is 1.90. The average molecular weight is 408 g/mol. The zero-order valence-corrected chi connectivity index (χ0v) is 17.0. The van der Waals surface area contributed by atoms with E-state index in [9.17, 15) is 9.59 Å². The number of halogens is 1. The number of hydrogen-bond acceptors (Lipinski definition) is 5. The molecule has 0 saturated carbocycles. The van der Waals surface area contributed by atoms with E-state index in [1.165, 1.54) is 28.0 Å². The average Bonchev–Trinajstić information content (AvgIpc) is 3.16. The van der Waals surface area contributed by atoms with Crippen LogP contribution >= 0.6 is 34.7 Å². The summed E-state index contributed by atoms with van der Waals surface area (Å²) in [4.78, 5) is 32.1. The molecule has 1 fully saturated rings. The van der Waals surface area contributed by atoms with Crippen molar-refractivity contribution in [2.75, 3.05) is 20.6 Å². The summed E-state index contributed by atoms with van der Waals surface area (Å²) in [5, 5.41) is 4.00. The molecule has 5 nitrogen and oxygen atoms in total. The van der Waals surface area contributed by atoms with Gasteiger partial charge in [0.05, 0.1) is 16.0 Å². The summed E-state index contributed by atoms with van der Waals surface area (Å²) >= 11 is 8.88. The summed E-state index contributed by atoms with van der Waals surface area (Å²) in [7, 11) is 3.37. The first-order valence-corrected chi connectivity index (χ1v) is 10.1. The molecule has 2 aromatic rings. The van der Waals surface area contributed by atoms with Gasteiger partial charge in [-0.15, -0.1) is 11.3 Å². The maximum atomic E-state index is 12.4. The van der Waals surface area contributed by atoms with Gasteiger partial charge in [0, 0.05) is 36.1 Å². The highest BCUT2D eigenvalue weighted by Crippen LogP contribution is 2.37. The van der Waals surface area contributed by atoms with Gasteiger partial charge < -0.3 is 4.90 Å². The van der Waals surface area contributed by atoms with Crippen molar-refractivity contribution in [1.29, 1.82) is 0 Å². The highest BCUT2D eigenvalue weighted by atomic mass is 35.5. The fourth-order valence-corrected chi connectivity index (χ4v) is 4.38. The predicted octanol–water partition coefficient (Wildman–Crippen LogP) is 3.81. The number of amides is 2. The van der Waals surface area contributed by atoms with E-state index < -0.39 is 0 Å². The molecule has 1 aliphatic heterocycles. The van der Waals surface area contributed by atoms with E-state index in [-0.39, 0.29) is 23.6 Å². The van der Waals surface area contributed by atoms with E-state index in [0.29, 0.717) is 5.02 Å². The molecule has 136 valence electrons. The Hall–Kier alpha value is -1.83. The van der Waals surface area contributed by atoms with E-state index in [2.05, 4.69) is 4.98 Å². The van der Waals surface area contributed by atoms with E-state index >= 15 is 0 Å². The van der Waals surface area contributed by atoms with Crippen LogP contribution in [0.2, 0.25) is 5.02 Å². The molecular formula is C18H18ClN3O2S2. The summed E-state index contributed by atoms with van der Waals surface area (Å²) in [5.74, 6) is -0.161. The number of thiazole rings is 1. The molecule has 1 atom stereocenters. The van der Waals surface area contributed by atoms with Gasteiger partial charge in [0.25, 0.3) is 0 Å². The third-order valence-electron chi connectivity index (χ3n) is 3.88. The summed E-state index contributed by atoms with van der Waals surface area (Å²) in [6, 6.07) is 7.50. The maximum absolute atomic E-state index is 12.4. The van der Waals surface area contributed by atoms with E-state index in [4.69, 9.17) is 11.6 Å². The van der Waals surface area contributed by atoms with Crippen molar-refractivity contribution in [2.24, 2.45) is 0 Å². The minimum Gasteiger partial charge on any atom is -0.347 e. The van der Waals surface area contributed by atoms with Gasteiger partial charge in [0.15, 0.2) is 0 Å². The van der Waals surface area contributed by atoms with Crippen molar-refractivity contribution in [3.63, 3.8) is 0 Å². The van der Waals surface area contributed by atoms with Crippen molar-refractivity contribution in [3.05, 3.63) is 44.7 Å². The van der Waals surface area contributed by atoms with Crippen LogP contribution in [0.1, 0.15) is 11.9 Å². The topological polar surface area (TPSA) is 53.5 Å². The van der Waals surface area contributed by atoms with Crippen molar-refractivity contribution < 1.29 is 9.59 Å². The predicted molar refractivity (Wildman–Crippen MR) is 108 cm³/mol. The molecule has 2 amide bonds. The quantitative estimate of drug-likeness (QED) is 0.773. The Morgan fingerprint density at radius 1 is 1.35 bits per heavy atom. The second-order valence-electron chi connectivity index (χ2n) is 6.03. The van der Waals surface area contributed by atoms with Gasteiger partial charge in [-0.1, -0.05) is 35.5 Å². The van der Waals surface area contributed by atoms with Crippen LogP contribution in [-0.4, -0.2) is 52.5 Å². The van der Waals surface area contributed by atoms with Crippen LogP contribution in [0.5, 0.6) is 0 Å². The zero-order valence-electron chi connectivity index (χ0n) is 14.6. The molecule has 8 heteroatoms. The third-order valence-corrected chi connectivity index (χ3v) is 6.06. The standard InChI is InChI=1S/C18H18ClN3O2S2/c1-11-18(24)22(9-16(23)21(2)3)17(26-11)8-15-20-14(10-25-15)12-4-6-13(19)7-5-12/h4-8,10-11H,9H2,1-3H3. The van der Waals surface area contributed by atoms with Crippen molar-refractivity contribution in [1.82, 2.24) is 14.8 Å². The summed E-state index contributed by atoms with van der Waals surface area (Å²) in [6.07, 6.45) is 1.87. The van der Waals surface area contributed by atoms with Crippen LogP contribution in [0.25, 0.3) is 17.3 Å². The maximum Gasteiger partial charge on any atom is 0.242 e. The van der Waals surface area contributed by atoms with Crippen LogP contribution in [0.3, 0.4) is 0 Å². The zero-order chi connectivity index (χ0) is 18.8. The number of rotatable bonds is 4. The lowest BCUT2D eigenvalue weighted by atomic mass is 10.2. The number of benzene rings is 1. The minimum absolute atomic E-state index is 0.0461. The molecule has 1 saturated heterocycles. The van der Waals surface area contributed by atoms with Crippen molar-refractivity contribution >= 4 is 52.6 Å². The van der Waals surface area contributed by atoms with Crippen molar-refractivity contribution in [3.8, 4) is 11.3 Å². The monoisotopic (exact) mass is 407 g/mol. The second kappa shape index (κ2) is 7.82. The number of carbonyl (C=O) groups excluding carboxylic acids is 2. The van der Waals surface area contributed by atoms with Crippen LogP contribution < -0.4 is 0 Å². The van der Waals surface area contributed by atoms with E-state index in [1.54, 1.807) is 19.0 Å². The van der Waals surface area contributed by atoms with Crippen LogP contribution in [0.15, 0.2) is 34.7 Å². The molecule has 2 heterocycles. The number of aromatic nitrogens is 1.